The third kappa shape index (κ3) is 5.10. The molecule has 0 saturated heterocycles. The molecule has 1 rings (SSSR count). The fourth-order valence-electron chi connectivity index (χ4n) is 3.21. The van der Waals surface area contributed by atoms with Gasteiger partial charge in [0.1, 0.15) is 13.1 Å². The van der Waals surface area contributed by atoms with Gasteiger partial charge in [-0.25, -0.2) is 0 Å². The summed E-state index contributed by atoms with van der Waals surface area (Å²) >= 11 is 0. The van der Waals surface area contributed by atoms with Gasteiger partial charge in [-0.2, -0.15) is 0 Å². The van der Waals surface area contributed by atoms with Crippen LogP contribution in [0.3, 0.4) is 0 Å². The summed E-state index contributed by atoms with van der Waals surface area (Å²) in [6.45, 7) is 23.3. The van der Waals surface area contributed by atoms with E-state index in [4.69, 9.17) is 0 Å². The van der Waals surface area contributed by atoms with E-state index in [0.717, 1.165) is 22.1 Å². The molecule has 0 fully saturated rings. The summed E-state index contributed by atoms with van der Waals surface area (Å²) in [6.07, 6.45) is 0. The Morgan fingerprint density at radius 1 is 0.615 bits per heavy atom. The molecule has 0 aromatic heterocycles. The SMILES string of the molecule is CC(C)(C)c1c(C[N+](C)(C)C(C)(C)C)cccc1C[N+](C)(C)C(C)(C)C. The Hall–Kier alpha value is -0.860. The van der Waals surface area contributed by atoms with Crippen molar-refractivity contribution in [1.82, 2.24) is 0 Å². The monoisotopic (exact) mass is 362 g/mol. The molecule has 0 N–H and O–H groups in total. The summed E-state index contributed by atoms with van der Waals surface area (Å²) in [5.74, 6) is 0. The summed E-state index contributed by atoms with van der Waals surface area (Å²) < 4.78 is 1.97. The molecule has 0 heterocycles. The van der Waals surface area contributed by atoms with Gasteiger partial charge in [0, 0.05) is 11.1 Å². The second kappa shape index (κ2) is 6.95. The van der Waals surface area contributed by atoms with E-state index in [0.29, 0.717) is 0 Å². The first kappa shape index (κ1) is 23.2. The molecule has 0 amide bonds. The number of benzene rings is 1. The standard InChI is InChI=1S/C24H46N2/c1-22(2,3)21-19(17-25(10,11)23(4,5)6)15-14-16-20(21)18-26(12,13)24(7,8)9/h14-16H,17-18H2,1-13H3/q+2. The van der Waals surface area contributed by atoms with Gasteiger partial charge < -0.3 is 8.97 Å². The summed E-state index contributed by atoms with van der Waals surface area (Å²) in [5, 5.41) is 0. The predicted octanol–water partition coefficient (Wildman–Crippen LogP) is 5.73. The lowest BCUT2D eigenvalue weighted by atomic mass is 9.79. The van der Waals surface area contributed by atoms with E-state index < -0.39 is 0 Å². The highest BCUT2D eigenvalue weighted by Gasteiger charge is 2.36. The smallest absolute Gasteiger partial charge is 0.105 e. The molecule has 0 atom stereocenters. The average Bonchev–Trinajstić information content (AvgIpc) is 2.33. The lowest BCUT2D eigenvalue weighted by molar-refractivity contribution is -0.948. The zero-order valence-electron chi connectivity index (χ0n) is 20.0. The van der Waals surface area contributed by atoms with Crippen LogP contribution < -0.4 is 0 Å². The van der Waals surface area contributed by atoms with E-state index in [2.05, 4.69) is 109 Å². The maximum absolute atomic E-state index is 2.36. The van der Waals surface area contributed by atoms with Crippen molar-refractivity contribution in [1.29, 1.82) is 0 Å². The van der Waals surface area contributed by atoms with Crippen LogP contribution in [0.4, 0.5) is 0 Å². The van der Waals surface area contributed by atoms with E-state index in [9.17, 15) is 0 Å². The zero-order chi connectivity index (χ0) is 20.8. The molecule has 1 aromatic carbocycles. The molecule has 0 aliphatic heterocycles. The van der Waals surface area contributed by atoms with Crippen molar-refractivity contribution in [3.8, 4) is 0 Å². The Bertz CT molecular complexity index is 571. The molecule has 1 aromatic rings. The summed E-state index contributed by atoms with van der Waals surface area (Å²) in [7, 11) is 9.42. The van der Waals surface area contributed by atoms with E-state index in [-0.39, 0.29) is 16.5 Å². The highest BCUT2D eigenvalue weighted by atomic mass is 15.4. The second-order valence-corrected chi connectivity index (χ2v) is 12.2. The minimum absolute atomic E-state index is 0.141. The molecular formula is C24H46N2+2. The predicted molar refractivity (Wildman–Crippen MR) is 116 cm³/mol. The van der Waals surface area contributed by atoms with Gasteiger partial charge in [-0.15, -0.1) is 0 Å². The molecular weight excluding hydrogens is 316 g/mol. The number of quaternary nitrogens is 2. The van der Waals surface area contributed by atoms with Crippen LogP contribution in [0.2, 0.25) is 0 Å². The van der Waals surface area contributed by atoms with Gasteiger partial charge in [-0.1, -0.05) is 39.0 Å². The van der Waals surface area contributed by atoms with Gasteiger partial charge in [0.2, 0.25) is 0 Å². The van der Waals surface area contributed by atoms with E-state index >= 15 is 0 Å². The third-order valence-electron chi connectivity index (χ3n) is 6.75. The van der Waals surface area contributed by atoms with Crippen LogP contribution in [-0.4, -0.2) is 48.2 Å². The van der Waals surface area contributed by atoms with Crippen LogP contribution in [-0.2, 0) is 18.5 Å². The molecule has 0 aliphatic carbocycles. The zero-order valence-corrected chi connectivity index (χ0v) is 20.0. The topological polar surface area (TPSA) is 0 Å². The number of nitrogens with zero attached hydrogens (tertiary/aromatic N) is 2. The lowest BCUT2D eigenvalue weighted by Gasteiger charge is -2.45. The first-order valence-electron chi connectivity index (χ1n) is 10.1. The number of rotatable bonds is 4. The van der Waals surface area contributed by atoms with Crippen molar-refractivity contribution in [2.75, 3.05) is 28.2 Å². The maximum Gasteiger partial charge on any atom is 0.105 e. The van der Waals surface area contributed by atoms with E-state index in [1.54, 1.807) is 5.56 Å². The van der Waals surface area contributed by atoms with Crippen LogP contribution in [0.15, 0.2) is 18.2 Å². The Morgan fingerprint density at radius 2 is 0.923 bits per heavy atom. The van der Waals surface area contributed by atoms with Gasteiger partial charge in [0.15, 0.2) is 0 Å². The van der Waals surface area contributed by atoms with Crippen molar-refractivity contribution in [3.05, 3.63) is 34.9 Å². The molecule has 0 saturated carbocycles. The van der Waals surface area contributed by atoms with Gasteiger partial charge in [0.25, 0.3) is 0 Å². The van der Waals surface area contributed by atoms with Gasteiger partial charge in [0.05, 0.1) is 39.3 Å². The molecule has 26 heavy (non-hydrogen) atoms. The number of hydrogen-bond acceptors (Lipinski definition) is 0. The third-order valence-corrected chi connectivity index (χ3v) is 6.75. The largest absolute Gasteiger partial charge is 0.321 e. The first-order valence-corrected chi connectivity index (χ1v) is 10.1. The minimum Gasteiger partial charge on any atom is -0.321 e. The summed E-state index contributed by atoms with van der Waals surface area (Å²) in [4.78, 5) is 0. The summed E-state index contributed by atoms with van der Waals surface area (Å²) in [5.41, 5.74) is 5.12. The van der Waals surface area contributed by atoms with Crippen LogP contribution in [0.1, 0.15) is 79.0 Å². The second-order valence-electron chi connectivity index (χ2n) is 12.2. The van der Waals surface area contributed by atoms with Crippen molar-refractivity contribution in [2.24, 2.45) is 0 Å². The molecule has 0 bridgehead atoms. The quantitative estimate of drug-likeness (QED) is 0.600. The fourth-order valence-corrected chi connectivity index (χ4v) is 3.21. The van der Waals surface area contributed by atoms with Crippen LogP contribution in [0.5, 0.6) is 0 Å². The first-order chi connectivity index (χ1) is 11.3. The van der Waals surface area contributed by atoms with E-state index in [1.807, 2.05) is 0 Å². The van der Waals surface area contributed by atoms with Crippen molar-refractivity contribution in [2.45, 2.75) is 91.9 Å². The highest BCUT2D eigenvalue weighted by molar-refractivity contribution is 5.39. The fraction of sp³-hybridized carbons (Fsp3) is 0.750. The normalized spacial score (nSPS) is 14.7. The van der Waals surface area contributed by atoms with Crippen LogP contribution >= 0.6 is 0 Å². The average molecular weight is 363 g/mol. The maximum atomic E-state index is 2.36. The van der Waals surface area contributed by atoms with Crippen LogP contribution in [0, 0.1) is 0 Å². The summed E-state index contributed by atoms with van der Waals surface area (Å²) in [6, 6.07) is 6.98. The van der Waals surface area contributed by atoms with Gasteiger partial charge >= 0.3 is 0 Å². The van der Waals surface area contributed by atoms with Gasteiger partial charge in [-0.3, -0.25) is 0 Å². The Morgan fingerprint density at radius 3 is 1.15 bits per heavy atom. The Labute approximate surface area is 164 Å². The molecule has 0 unspecified atom stereocenters. The van der Waals surface area contributed by atoms with E-state index in [1.165, 1.54) is 11.1 Å². The lowest BCUT2D eigenvalue weighted by Crippen LogP contribution is -2.54. The van der Waals surface area contributed by atoms with Crippen molar-refractivity contribution in [3.63, 3.8) is 0 Å². The van der Waals surface area contributed by atoms with Crippen molar-refractivity contribution < 1.29 is 8.97 Å². The van der Waals surface area contributed by atoms with Crippen molar-refractivity contribution >= 4 is 0 Å². The highest BCUT2D eigenvalue weighted by Crippen LogP contribution is 2.35. The van der Waals surface area contributed by atoms with Gasteiger partial charge in [-0.05, 0) is 52.5 Å². The molecule has 2 nitrogen and oxygen atoms in total. The Balaban J connectivity index is 3.49. The molecule has 0 spiro atoms. The molecule has 150 valence electrons. The number of hydrogen-bond donors (Lipinski definition) is 0. The van der Waals surface area contributed by atoms with Crippen LogP contribution in [0.25, 0.3) is 0 Å². The molecule has 0 radical (unpaired) electrons. The molecule has 0 aliphatic rings. The molecule has 2 heteroatoms. The Kier molecular flexibility index (Phi) is 6.19. The minimum atomic E-state index is 0.141.